The van der Waals surface area contributed by atoms with E-state index in [9.17, 15) is 0 Å². The van der Waals surface area contributed by atoms with Gasteiger partial charge in [-0.05, 0) is 38.4 Å². The number of methoxy groups -OCH3 is 1. The summed E-state index contributed by atoms with van der Waals surface area (Å²) in [6, 6.07) is 4.72. The molecule has 2 atom stereocenters. The third kappa shape index (κ3) is 4.15. The maximum absolute atomic E-state index is 5.62. The van der Waals surface area contributed by atoms with E-state index in [-0.39, 0.29) is 0 Å². The van der Waals surface area contributed by atoms with Crippen LogP contribution >= 0.6 is 11.8 Å². The smallest absolute Gasteiger partial charge is 0.126 e. The Morgan fingerprint density at radius 3 is 2.53 bits per heavy atom. The zero-order valence-corrected chi connectivity index (χ0v) is 13.9. The van der Waals surface area contributed by atoms with Crippen LogP contribution in [0.15, 0.2) is 12.1 Å². The molecule has 0 aromatic heterocycles. The highest BCUT2D eigenvalue weighted by Gasteiger charge is 2.17. The molecule has 0 aliphatic heterocycles. The lowest BCUT2D eigenvalue weighted by molar-refractivity contribution is 0.400. The zero-order chi connectivity index (χ0) is 14.4. The molecule has 19 heavy (non-hydrogen) atoms. The van der Waals surface area contributed by atoms with Gasteiger partial charge >= 0.3 is 0 Å². The van der Waals surface area contributed by atoms with E-state index in [0.717, 1.165) is 11.5 Å². The van der Waals surface area contributed by atoms with Crippen LogP contribution in [-0.4, -0.2) is 25.2 Å². The summed E-state index contributed by atoms with van der Waals surface area (Å²) in [4.78, 5) is 0. The minimum Gasteiger partial charge on any atom is -0.496 e. The minimum atomic E-state index is 0.341. The Bertz CT molecular complexity index is 406. The molecular formula is C16H27NOS. The van der Waals surface area contributed by atoms with Crippen molar-refractivity contribution >= 4 is 11.8 Å². The molecule has 1 N–H and O–H groups in total. The van der Waals surface area contributed by atoms with E-state index in [0.29, 0.717) is 11.3 Å². The summed E-state index contributed by atoms with van der Waals surface area (Å²) in [7, 11) is 3.79. The number of hydrogen-bond donors (Lipinski definition) is 1. The summed E-state index contributed by atoms with van der Waals surface area (Å²) < 4.78 is 5.62. The van der Waals surface area contributed by atoms with Gasteiger partial charge in [0.1, 0.15) is 5.75 Å². The number of rotatable bonds is 7. The first kappa shape index (κ1) is 16.4. The molecular weight excluding hydrogens is 254 g/mol. The second-order valence-electron chi connectivity index (χ2n) is 5.02. The first-order valence-electron chi connectivity index (χ1n) is 6.98. The maximum atomic E-state index is 5.62. The van der Waals surface area contributed by atoms with Gasteiger partial charge in [0.2, 0.25) is 0 Å². The quantitative estimate of drug-likeness (QED) is 0.813. The van der Waals surface area contributed by atoms with E-state index in [1.54, 1.807) is 7.11 Å². The van der Waals surface area contributed by atoms with Crippen molar-refractivity contribution in [3.8, 4) is 5.75 Å². The van der Waals surface area contributed by atoms with Crippen LogP contribution in [0.25, 0.3) is 0 Å². The topological polar surface area (TPSA) is 21.3 Å². The second-order valence-corrected chi connectivity index (χ2v) is 6.49. The molecule has 0 saturated heterocycles. The van der Waals surface area contributed by atoms with Crippen molar-refractivity contribution in [1.82, 2.24) is 5.32 Å². The molecule has 1 rings (SSSR count). The molecule has 0 amide bonds. The Morgan fingerprint density at radius 2 is 2.00 bits per heavy atom. The molecule has 0 aliphatic rings. The molecule has 0 heterocycles. The minimum absolute atomic E-state index is 0.341. The lowest BCUT2D eigenvalue weighted by atomic mass is 10.00. The van der Waals surface area contributed by atoms with E-state index < -0.39 is 0 Å². The number of benzene rings is 1. The van der Waals surface area contributed by atoms with Crippen molar-refractivity contribution in [2.75, 3.05) is 19.9 Å². The van der Waals surface area contributed by atoms with Crippen molar-refractivity contribution in [3.63, 3.8) is 0 Å². The predicted octanol–water partition coefficient (Wildman–Crippen LogP) is 4.10. The van der Waals surface area contributed by atoms with Gasteiger partial charge in [-0.3, -0.25) is 0 Å². The Kier molecular flexibility index (Phi) is 6.73. The van der Waals surface area contributed by atoms with E-state index in [4.69, 9.17) is 4.74 Å². The molecule has 0 aliphatic carbocycles. The van der Waals surface area contributed by atoms with Crippen molar-refractivity contribution in [3.05, 3.63) is 28.8 Å². The fraction of sp³-hybridized carbons (Fsp3) is 0.625. The summed E-state index contributed by atoms with van der Waals surface area (Å²) in [6.07, 6.45) is 1.21. The van der Waals surface area contributed by atoms with Gasteiger partial charge in [0.05, 0.1) is 7.11 Å². The molecule has 0 spiro atoms. The second kappa shape index (κ2) is 7.81. The van der Waals surface area contributed by atoms with Gasteiger partial charge in [-0.25, -0.2) is 0 Å². The first-order valence-corrected chi connectivity index (χ1v) is 8.02. The highest BCUT2D eigenvalue weighted by atomic mass is 32.2. The standard InChI is InChI=1S/C16H27NOS/c1-7-12(3)19-10-15(17-5)14-9-8-11(2)13(4)16(14)18-6/h8-9,12,15,17H,7,10H2,1-6H3. The van der Waals surface area contributed by atoms with Crippen molar-refractivity contribution in [2.45, 2.75) is 45.4 Å². The first-order chi connectivity index (χ1) is 9.04. The van der Waals surface area contributed by atoms with Crippen LogP contribution in [0, 0.1) is 13.8 Å². The average molecular weight is 281 g/mol. The molecule has 108 valence electrons. The van der Waals surface area contributed by atoms with E-state index in [1.165, 1.54) is 23.1 Å². The monoisotopic (exact) mass is 281 g/mol. The highest BCUT2D eigenvalue weighted by molar-refractivity contribution is 7.99. The Labute approximate surface area is 122 Å². The van der Waals surface area contributed by atoms with Crippen LogP contribution in [0.3, 0.4) is 0 Å². The number of thioether (sulfide) groups is 1. The molecule has 1 aromatic carbocycles. The van der Waals surface area contributed by atoms with Crippen LogP contribution in [0.5, 0.6) is 5.75 Å². The van der Waals surface area contributed by atoms with Gasteiger partial charge in [0.25, 0.3) is 0 Å². The molecule has 0 saturated carbocycles. The van der Waals surface area contributed by atoms with Crippen LogP contribution in [-0.2, 0) is 0 Å². The number of ether oxygens (including phenoxy) is 1. The molecule has 1 aromatic rings. The van der Waals surface area contributed by atoms with E-state index in [2.05, 4.69) is 45.1 Å². The normalized spacial score (nSPS) is 14.2. The molecule has 0 bridgehead atoms. The van der Waals surface area contributed by atoms with Crippen LogP contribution in [0.2, 0.25) is 0 Å². The summed E-state index contributed by atoms with van der Waals surface area (Å²) in [6.45, 7) is 8.79. The Hall–Kier alpha value is -0.670. The third-order valence-electron chi connectivity index (χ3n) is 3.76. The largest absolute Gasteiger partial charge is 0.496 e. The number of nitrogens with one attached hydrogen (secondary N) is 1. The van der Waals surface area contributed by atoms with Crippen LogP contribution in [0.4, 0.5) is 0 Å². The number of aryl methyl sites for hydroxylation is 1. The van der Waals surface area contributed by atoms with E-state index in [1.807, 2.05) is 18.8 Å². The summed E-state index contributed by atoms with van der Waals surface area (Å²) in [5.74, 6) is 2.11. The highest BCUT2D eigenvalue weighted by Crippen LogP contribution is 2.33. The van der Waals surface area contributed by atoms with Gasteiger partial charge in [-0.1, -0.05) is 26.0 Å². The van der Waals surface area contributed by atoms with Crippen LogP contribution < -0.4 is 10.1 Å². The Morgan fingerprint density at radius 1 is 1.32 bits per heavy atom. The van der Waals surface area contributed by atoms with Gasteiger partial charge in [0, 0.05) is 22.6 Å². The van der Waals surface area contributed by atoms with Gasteiger partial charge in [0.15, 0.2) is 0 Å². The Balaban J connectivity index is 2.95. The van der Waals surface area contributed by atoms with Crippen molar-refractivity contribution < 1.29 is 4.74 Å². The summed E-state index contributed by atoms with van der Waals surface area (Å²) >= 11 is 2.02. The van der Waals surface area contributed by atoms with Gasteiger partial charge in [-0.2, -0.15) is 11.8 Å². The fourth-order valence-corrected chi connectivity index (χ4v) is 3.17. The average Bonchev–Trinajstić information content (AvgIpc) is 2.42. The van der Waals surface area contributed by atoms with Gasteiger partial charge in [-0.15, -0.1) is 0 Å². The van der Waals surface area contributed by atoms with Gasteiger partial charge < -0.3 is 10.1 Å². The third-order valence-corrected chi connectivity index (χ3v) is 5.19. The summed E-state index contributed by atoms with van der Waals surface area (Å²) in [5, 5.41) is 4.12. The lowest BCUT2D eigenvalue weighted by Gasteiger charge is -2.22. The summed E-state index contributed by atoms with van der Waals surface area (Å²) in [5.41, 5.74) is 3.79. The molecule has 2 unspecified atom stereocenters. The lowest BCUT2D eigenvalue weighted by Crippen LogP contribution is -2.21. The molecule has 0 fully saturated rings. The van der Waals surface area contributed by atoms with Crippen LogP contribution in [0.1, 0.15) is 43.0 Å². The predicted molar refractivity (Wildman–Crippen MR) is 86.5 cm³/mol. The molecule has 0 radical (unpaired) electrons. The van der Waals surface area contributed by atoms with Crippen molar-refractivity contribution in [1.29, 1.82) is 0 Å². The molecule has 2 nitrogen and oxygen atoms in total. The zero-order valence-electron chi connectivity index (χ0n) is 13.0. The van der Waals surface area contributed by atoms with E-state index >= 15 is 0 Å². The number of hydrogen-bond acceptors (Lipinski definition) is 3. The molecule has 3 heteroatoms. The SMILES string of the molecule is CCC(C)SCC(NC)c1ccc(C)c(C)c1OC. The fourth-order valence-electron chi connectivity index (χ4n) is 2.06. The maximum Gasteiger partial charge on any atom is 0.126 e. The van der Waals surface area contributed by atoms with Crippen molar-refractivity contribution in [2.24, 2.45) is 0 Å².